The van der Waals surface area contributed by atoms with Crippen molar-refractivity contribution in [3.8, 4) is 5.75 Å². The van der Waals surface area contributed by atoms with Gasteiger partial charge in [0, 0.05) is 25.6 Å². The first-order chi connectivity index (χ1) is 9.19. The van der Waals surface area contributed by atoms with Crippen LogP contribution in [0.25, 0.3) is 0 Å². The molecule has 1 aromatic carbocycles. The maximum absolute atomic E-state index is 6.01. The highest BCUT2D eigenvalue weighted by atomic mass is 16.5. The molecule has 0 spiro atoms. The van der Waals surface area contributed by atoms with Gasteiger partial charge in [-0.2, -0.15) is 0 Å². The molecule has 1 heterocycles. The van der Waals surface area contributed by atoms with Crippen LogP contribution in [-0.4, -0.2) is 32.3 Å². The van der Waals surface area contributed by atoms with E-state index < -0.39 is 0 Å². The van der Waals surface area contributed by atoms with Crippen molar-refractivity contribution in [1.82, 2.24) is 5.32 Å². The number of ether oxygens (including phenoxy) is 2. The van der Waals surface area contributed by atoms with Crippen molar-refractivity contribution >= 4 is 5.96 Å². The van der Waals surface area contributed by atoms with Crippen molar-refractivity contribution in [2.24, 2.45) is 10.7 Å². The van der Waals surface area contributed by atoms with Crippen LogP contribution in [0.3, 0.4) is 0 Å². The smallest absolute Gasteiger partial charge is 0.188 e. The van der Waals surface area contributed by atoms with E-state index in [1.165, 1.54) is 5.56 Å². The maximum atomic E-state index is 6.01. The fraction of sp³-hybridized carbons (Fsp3) is 0.500. The first-order valence-electron chi connectivity index (χ1n) is 6.49. The Morgan fingerprint density at radius 3 is 3.11 bits per heavy atom. The topological polar surface area (TPSA) is 68.9 Å². The number of nitrogens with two attached hydrogens (primary N) is 1. The molecule has 0 saturated carbocycles. The minimum absolute atomic E-state index is 0.151. The molecule has 1 aromatic rings. The lowest BCUT2D eigenvalue weighted by Gasteiger charge is -2.17. The van der Waals surface area contributed by atoms with Crippen LogP contribution < -0.4 is 15.8 Å². The molecule has 19 heavy (non-hydrogen) atoms. The van der Waals surface area contributed by atoms with Gasteiger partial charge in [-0.1, -0.05) is 12.1 Å². The summed E-state index contributed by atoms with van der Waals surface area (Å²) in [6.45, 7) is 4.10. The van der Waals surface area contributed by atoms with Gasteiger partial charge in [-0.3, -0.25) is 4.99 Å². The third kappa shape index (κ3) is 3.86. The summed E-state index contributed by atoms with van der Waals surface area (Å²) in [5, 5.41) is 3.05. The molecular weight excluding hydrogens is 242 g/mol. The lowest BCUT2D eigenvalue weighted by atomic mass is 10.1. The van der Waals surface area contributed by atoms with E-state index in [0.717, 1.165) is 24.3 Å². The van der Waals surface area contributed by atoms with Gasteiger partial charge in [-0.05, 0) is 18.6 Å². The van der Waals surface area contributed by atoms with Crippen LogP contribution >= 0.6 is 0 Å². The van der Waals surface area contributed by atoms with E-state index in [-0.39, 0.29) is 6.10 Å². The third-order valence-corrected chi connectivity index (χ3v) is 3.11. The number of rotatable bonds is 4. The molecule has 3 N–H and O–H groups in total. The van der Waals surface area contributed by atoms with Gasteiger partial charge in [0.2, 0.25) is 0 Å². The lowest BCUT2D eigenvalue weighted by molar-refractivity contribution is 0.140. The van der Waals surface area contributed by atoms with E-state index in [9.17, 15) is 0 Å². The van der Waals surface area contributed by atoms with E-state index in [4.69, 9.17) is 15.2 Å². The Bertz CT molecular complexity index is 454. The maximum Gasteiger partial charge on any atom is 0.188 e. The van der Waals surface area contributed by atoms with E-state index in [2.05, 4.69) is 35.4 Å². The standard InChI is InChI=1S/C14H21N3O2/c1-10-3-4-11(8-17-14(15)16-2)13(7-10)19-12-5-6-18-9-12/h3-4,7,12H,5-6,8-9H2,1-2H3,(H3,15,16,17). The molecule has 1 aliphatic rings. The molecule has 0 aromatic heterocycles. The zero-order valence-corrected chi connectivity index (χ0v) is 11.5. The average Bonchev–Trinajstić information content (AvgIpc) is 2.90. The molecule has 1 unspecified atom stereocenters. The van der Waals surface area contributed by atoms with Crippen molar-refractivity contribution in [2.75, 3.05) is 20.3 Å². The molecule has 1 saturated heterocycles. The van der Waals surface area contributed by atoms with Gasteiger partial charge in [0.1, 0.15) is 11.9 Å². The third-order valence-electron chi connectivity index (χ3n) is 3.11. The largest absolute Gasteiger partial charge is 0.488 e. The second-order valence-corrected chi connectivity index (χ2v) is 4.68. The summed E-state index contributed by atoms with van der Waals surface area (Å²) in [4.78, 5) is 3.88. The second kappa shape index (κ2) is 6.43. The Kier molecular flexibility index (Phi) is 4.63. The molecule has 1 atom stereocenters. The summed E-state index contributed by atoms with van der Waals surface area (Å²) in [6, 6.07) is 6.17. The van der Waals surface area contributed by atoms with Crippen LogP contribution in [0.5, 0.6) is 5.75 Å². The molecule has 5 heteroatoms. The summed E-state index contributed by atoms with van der Waals surface area (Å²) >= 11 is 0. The molecule has 1 aliphatic heterocycles. The zero-order valence-electron chi connectivity index (χ0n) is 11.5. The molecule has 0 amide bonds. The van der Waals surface area contributed by atoms with Crippen LogP contribution in [0.2, 0.25) is 0 Å². The van der Waals surface area contributed by atoms with E-state index in [0.29, 0.717) is 19.1 Å². The number of guanidine groups is 1. The predicted molar refractivity (Wildman–Crippen MR) is 75.4 cm³/mol. The number of benzene rings is 1. The first kappa shape index (κ1) is 13.7. The number of nitrogens with one attached hydrogen (secondary N) is 1. The molecule has 0 radical (unpaired) electrons. The number of aliphatic imine (C=N–C) groups is 1. The number of hydrogen-bond acceptors (Lipinski definition) is 3. The highest BCUT2D eigenvalue weighted by Gasteiger charge is 2.18. The van der Waals surface area contributed by atoms with Gasteiger partial charge in [0.15, 0.2) is 5.96 Å². The second-order valence-electron chi connectivity index (χ2n) is 4.68. The van der Waals surface area contributed by atoms with Crippen LogP contribution in [0.15, 0.2) is 23.2 Å². The molecule has 2 rings (SSSR count). The Hall–Kier alpha value is -1.75. The highest BCUT2D eigenvalue weighted by molar-refractivity contribution is 5.77. The minimum Gasteiger partial charge on any atom is -0.488 e. The van der Waals surface area contributed by atoms with E-state index >= 15 is 0 Å². The van der Waals surface area contributed by atoms with Gasteiger partial charge < -0.3 is 20.5 Å². The van der Waals surface area contributed by atoms with Gasteiger partial charge in [0.05, 0.1) is 13.2 Å². The Balaban J connectivity index is 2.07. The SMILES string of the molecule is CN=C(N)NCc1ccc(C)cc1OC1CCOC1. The number of aryl methyl sites for hydroxylation is 1. The van der Waals surface area contributed by atoms with Crippen LogP contribution in [0, 0.1) is 6.92 Å². The van der Waals surface area contributed by atoms with Crippen LogP contribution in [0.4, 0.5) is 0 Å². The van der Waals surface area contributed by atoms with Crippen LogP contribution in [-0.2, 0) is 11.3 Å². The van der Waals surface area contributed by atoms with Crippen molar-refractivity contribution < 1.29 is 9.47 Å². The first-order valence-corrected chi connectivity index (χ1v) is 6.49. The van der Waals surface area contributed by atoms with E-state index in [1.54, 1.807) is 7.05 Å². The quantitative estimate of drug-likeness (QED) is 0.632. The van der Waals surface area contributed by atoms with Gasteiger partial charge in [-0.15, -0.1) is 0 Å². The average molecular weight is 263 g/mol. The number of hydrogen-bond donors (Lipinski definition) is 2. The zero-order chi connectivity index (χ0) is 13.7. The molecular formula is C14H21N3O2. The summed E-state index contributed by atoms with van der Waals surface area (Å²) in [5.74, 6) is 1.32. The van der Waals surface area contributed by atoms with Crippen molar-refractivity contribution in [2.45, 2.75) is 26.0 Å². The van der Waals surface area contributed by atoms with E-state index in [1.807, 2.05) is 0 Å². The van der Waals surface area contributed by atoms with Gasteiger partial charge >= 0.3 is 0 Å². The molecule has 5 nitrogen and oxygen atoms in total. The fourth-order valence-corrected chi connectivity index (χ4v) is 1.97. The lowest BCUT2D eigenvalue weighted by Crippen LogP contribution is -2.31. The monoisotopic (exact) mass is 263 g/mol. The summed E-state index contributed by atoms with van der Waals surface area (Å²) in [5.41, 5.74) is 7.89. The van der Waals surface area contributed by atoms with Gasteiger partial charge in [0.25, 0.3) is 0 Å². The summed E-state index contributed by atoms with van der Waals surface area (Å²) in [6.07, 6.45) is 1.09. The summed E-state index contributed by atoms with van der Waals surface area (Å²) in [7, 11) is 1.66. The van der Waals surface area contributed by atoms with Gasteiger partial charge in [-0.25, -0.2) is 0 Å². The van der Waals surface area contributed by atoms with Crippen LogP contribution in [0.1, 0.15) is 17.5 Å². The molecule has 0 aliphatic carbocycles. The Morgan fingerprint density at radius 2 is 2.42 bits per heavy atom. The molecule has 1 fully saturated rings. The van der Waals surface area contributed by atoms with Crippen molar-refractivity contribution in [3.63, 3.8) is 0 Å². The molecule has 0 bridgehead atoms. The molecule has 104 valence electrons. The Morgan fingerprint density at radius 1 is 1.58 bits per heavy atom. The highest BCUT2D eigenvalue weighted by Crippen LogP contribution is 2.23. The van der Waals surface area contributed by atoms with Crippen molar-refractivity contribution in [1.29, 1.82) is 0 Å². The number of nitrogens with zero attached hydrogens (tertiary/aromatic N) is 1. The fourth-order valence-electron chi connectivity index (χ4n) is 1.97. The predicted octanol–water partition coefficient (Wildman–Crippen LogP) is 1.20. The van der Waals surface area contributed by atoms with Crippen molar-refractivity contribution in [3.05, 3.63) is 29.3 Å². The normalized spacial score (nSPS) is 19.5. The minimum atomic E-state index is 0.151. The Labute approximate surface area is 113 Å². The summed E-state index contributed by atoms with van der Waals surface area (Å²) < 4.78 is 11.3.